The molecule has 0 aliphatic rings. The zero-order chi connectivity index (χ0) is 7.21. The van der Waals surface area contributed by atoms with Crippen molar-refractivity contribution in [2.45, 2.75) is 36.3 Å². The van der Waals surface area contributed by atoms with Crippen LogP contribution in [0.25, 0.3) is 0 Å². The molecule has 0 heterocycles. The average Bonchev–Trinajstić information content (AvgIpc) is 1.27. The maximum absolute atomic E-state index is 8.52. The summed E-state index contributed by atoms with van der Waals surface area (Å²) < 4.78 is 0. The van der Waals surface area contributed by atoms with Gasteiger partial charge in [-0.3, -0.25) is 0 Å². The van der Waals surface area contributed by atoms with Gasteiger partial charge in [0.2, 0.25) is 0 Å². The molecule has 0 saturated heterocycles. The Kier molecular flexibility index (Phi) is 8.49. The first-order valence-corrected chi connectivity index (χ1v) is 8.43. The van der Waals surface area contributed by atoms with Crippen LogP contribution in [0.2, 0.25) is 9.88 Å². The molecule has 0 amide bonds. The summed E-state index contributed by atoms with van der Waals surface area (Å²) in [6.45, 7) is 5.23. The molecule has 2 heteroatoms. The normalized spacial score (nSPS) is 9.75. The summed E-state index contributed by atoms with van der Waals surface area (Å²) in [5.74, 6) is 0. The van der Waals surface area contributed by atoms with Crippen molar-refractivity contribution in [3.8, 4) is 0 Å². The van der Waals surface area contributed by atoms with E-state index in [0.717, 1.165) is 0 Å². The quantitative estimate of drug-likeness (QED) is 0.617. The molecular formula is C6H16OSn. The van der Waals surface area contributed by atoms with Crippen LogP contribution >= 0.6 is 0 Å². The zero-order valence-corrected chi connectivity index (χ0v) is 9.30. The van der Waals surface area contributed by atoms with Gasteiger partial charge in [0, 0.05) is 0 Å². The van der Waals surface area contributed by atoms with E-state index in [1.54, 1.807) is 20.8 Å². The zero-order valence-electron chi connectivity index (χ0n) is 6.45. The third-order valence-electron chi connectivity index (χ3n) is 0. The van der Waals surface area contributed by atoms with E-state index in [2.05, 4.69) is 9.88 Å². The molecule has 50 valence electrons. The van der Waals surface area contributed by atoms with Gasteiger partial charge in [0.05, 0.1) is 5.60 Å². The molecule has 0 aliphatic heterocycles. The predicted octanol–water partition coefficient (Wildman–Crippen LogP) is 1.56. The molecule has 0 saturated carbocycles. The Bertz CT molecular complexity index is 32.3. The number of rotatable bonds is 0. The van der Waals surface area contributed by atoms with Crippen LogP contribution in [0.4, 0.5) is 0 Å². The summed E-state index contributed by atoms with van der Waals surface area (Å²) in [4.78, 5) is 4.59. The Hall–Kier alpha value is 0.759. The Balaban J connectivity index is 0. The molecule has 0 atom stereocenters. The van der Waals surface area contributed by atoms with Crippen LogP contribution in [0.5, 0.6) is 0 Å². The Labute approximate surface area is 62.7 Å². The van der Waals surface area contributed by atoms with Gasteiger partial charge in [-0.2, -0.15) is 0 Å². The third kappa shape index (κ3) is 389. The van der Waals surface area contributed by atoms with E-state index < -0.39 is 5.60 Å². The van der Waals surface area contributed by atoms with Crippen molar-refractivity contribution in [1.82, 2.24) is 0 Å². The second kappa shape index (κ2) is 5.89. The van der Waals surface area contributed by atoms with Crippen LogP contribution in [-0.2, 0) is 0 Å². The van der Waals surface area contributed by atoms with Crippen molar-refractivity contribution in [3.63, 3.8) is 0 Å². The summed E-state index contributed by atoms with van der Waals surface area (Å²) in [5, 5.41) is 8.52. The van der Waals surface area contributed by atoms with Gasteiger partial charge in [-0.05, 0) is 20.8 Å². The first-order valence-electron chi connectivity index (χ1n) is 2.72. The van der Waals surface area contributed by atoms with Crippen molar-refractivity contribution in [2.75, 3.05) is 0 Å². The fourth-order valence-electron chi connectivity index (χ4n) is 0. The first kappa shape index (κ1) is 11.5. The summed E-state index contributed by atoms with van der Waals surface area (Å²) in [5.41, 5.74) is -0.500. The van der Waals surface area contributed by atoms with Crippen molar-refractivity contribution in [2.24, 2.45) is 0 Å². The minimum absolute atomic E-state index is 0.230. The molecule has 0 aliphatic carbocycles. The van der Waals surface area contributed by atoms with Gasteiger partial charge in [-0.15, -0.1) is 0 Å². The average molecular weight is 223 g/mol. The molecule has 0 aromatic heterocycles. The van der Waals surface area contributed by atoms with Crippen LogP contribution in [0, 0.1) is 0 Å². The summed E-state index contributed by atoms with van der Waals surface area (Å²) in [7, 11) is 0. The molecule has 1 nitrogen and oxygen atoms in total. The predicted molar refractivity (Wildman–Crippen MR) is 39.5 cm³/mol. The van der Waals surface area contributed by atoms with Gasteiger partial charge in [0.1, 0.15) is 0 Å². The monoisotopic (exact) mass is 224 g/mol. The second-order valence-corrected chi connectivity index (χ2v) is 5.52. The molecule has 0 aromatic rings. The van der Waals surface area contributed by atoms with Gasteiger partial charge >= 0.3 is 31.0 Å². The van der Waals surface area contributed by atoms with Gasteiger partial charge in [-0.25, -0.2) is 0 Å². The fraction of sp³-hybridized carbons (Fsp3) is 1.00. The van der Waals surface area contributed by atoms with Crippen molar-refractivity contribution in [1.29, 1.82) is 0 Å². The number of hydrogen-bond donors (Lipinski definition) is 1. The molecular weight excluding hydrogens is 207 g/mol. The van der Waals surface area contributed by atoms with E-state index in [1.165, 1.54) is 0 Å². The Morgan fingerprint density at radius 3 is 1.12 bits per heavy atom. The molecule has 0 unspecified atom stereocenters. The van der Waals surface area contributed by atoms with Gasteiger partial charge in [0.25, 0.3) is 0 Å². The SMILES string of the molecule is CC(C)(C)O.[CH3][Sn][CH3]. The summed E-state index contributed by atoms with van der Waals surface area (Å²) >= 11 is 0.230. The first-order chi connectivity index (χ1) is 3.41. The molecule has 8 heavy (non-hydrogen) atoms. The Morgan fingerprint density at radius 1 is 1.12 bits per heavy atom. The molecule has 0 fully saturated rings. The van der Waals surface area contributed by atoms with Crippen LogP contribution in [0.1, 0.15) is 20.8 Å². The van der Waals surface area contributed by atoms with E-state index in [-0.39, 0.29) is 21.1 Å². The van der Waals surface area contributed by atoms with E-state index in [0.29, 0.717) is 0 Å². The van der Waals surface area contributed by atoms with E-state index >= 15 is 0 Å². The topological polar surface area (TPSA) is 20.2 Å². The fourth-order valence-corrected chi connectivity index (χ4v) is 0. The number of aliphatic hydroxyl groups is 1. The van der Waals surface area contributed by atoms with Crippen molar-refractivity contribution < 1.29 is 5.11 Å². The van der Waals surface area contributed by atoms with Gasteiger partial charge in [0.15, 0.2) is 0 Å². The third-order valence-corrected chi connectivity index (χ3v) is 0. The van der Waals surface area contributed by atoms with Crippen LogP contribution in [-0.4, -0.2) is 31.8 Å². The van der Waals surface area contributed by atoms with Gasteiger partial charge < -0.3 is 5.11 Å². The van der Waals surface area contributed by atoms with E-state index in [1.807, 2.05) is 0 Å². The van der Waals surface area contributed by atoms with Gasteiger partial charge in [-0.1, -0.05) is 0 Å². The van der Waals surface area contributed by atoms with Crippen LogP contribution in [0.3, 0.4) is 0 Å². The molecule has 0 spiro atoms. The van der Waals surface area contributed by atoms with Crippen molar-refractivity contribution in [3.05, 3.63) is 0 Å². The minimum atomic E-state index is -0.500. The van der Waals surface area contributed by atoms with Crippen molar-refractivity contribution >= 4 is 21.1 Å². The summed E-state index contributed by atoms with van der Waals surface area (Å²) in [6, 6.07) is 0. The molecule has 2 radical (unpaired) electrons. The van der Waals surface area contributed by atoms with E-state index in [9.17, 15) is 0 Å². The second-order valence-electron chi connectivity index (χ2n) is 2.67. The standard InChI is InChI=1S/C4H10O.2CH3.Sn/c1-4(2,3)5;;;/h5H,1-3H3;2*1H3;. The maximum atomic E-state index is 8.52. The Morgan fingerprint density at radius 2 is 1.12 bits per heavy atom. The van der Waals surface area contributed by atoms with E-state index in [4.69, 9.17) is 5.11 Å². The molecule has 1 N–H and O–H groups in total. The van der Waals surface area contributed by atoms with Crippen LogP contribution in [0.15, 0.2) is 0 Å². The molecule has 0 bridgehead atoms. The molecule has 0 rings (SSSR count). The molecule has 0 aromatic carbocycles. The summed E-state index contributed by atoms with van der Waals surface area (Å²) in [6.07, 6.45) is 0. The van der Waals surface area contributed by atoms with Crippen LogP contribution < -0.4 is 0 Å². The number of hydrogen-bond acceptors (Lipinski definition) is 1.